The molecule has 0 aliphatic carbocycles. The Morgan fingerprint density at radius 2 is 1.83 bits per heavy atom. The SMILES string of the molecule is C[C@H]1C[C@H](C)CN(C(=O)c2cccc(Cl)c2Cl)C1. The number of carbonyl (C=O) groups is 1. The molecule has 2 nitrogen and oxygen atoms in total. The van der Waals surface area contributed by atoms with Crippen LogP contribution in [0, 0.1) is 11.8 Å². The average Bonchev–Trinajstić information content (AvgIpc) is 2.30. The highest BCUT2D eigenvalue weighted by atomic mass is 35.5. The largest absolute Gasteiger partial charge is 0.338 e. The molecule has 0 saturated carbocycles. The van der Waals surface area contributed by atoms with Crippen LogP contribution < -0.4 is 0 Å². The molecule has 2 atom stereocenters. The highest BCUT2D eigenvalue weighted by molar-refractivity contribution is 6.43. The number of hydrogen-bond donors (Lipinski definition) is 0. The molecule has 0 N–H and O–H groups in total. The predicted octanol–water partition coefficient (Wildman–Crippen LogP) is 4.11. The zero-order chi connectivity index (χ0) is 13.3. The van der Waals surface area contributed by atoms with Crippen LogP contribution in [0.15, 0.2) is 18.2 Å². The Morgan fingerprint density at radius 1 is 1.22 bits per heavy atom. The smallest absolute Gasteiger partial charge is 0.255 e. The second-order valence-corrected chi connectivity index (χ2v) is 6.04. The molecule has 1 heterocycles. The Balaban J connectivity index is 2.23. The van der Waals surface area contributed by atoms with Crippen LogP contribution in [0.4, 0.5) is 0 Å². The van der Waals surface area contributed by atoms with Crippen molar-refractivity contribution in [1.29, 1.82) is 0 Å². The number of hydrogen-bond acceptors (Lipinski definition) is 1. The van der Waals surface area contributed by atoms with Gasteiger partial charge in [0.25, 0.3) is 5.91 Å². The third kappa shape index (κ3) is 2.81. The lowest BCUT2D eigenvalue weighted by Gasteiger charge is -2.35. The quantitative estimate of drug-likeness (QED) is 0.760. The van der Waals surface area contributed by atoms with Crippen LogP contribution >= 0.6 is 23.2 Å². The molecule has 0 spiro atoms. The number of likely N-dealkylation sites (tertiary alicyclic amines) is 1. The van der Waals surface area contributed by atoms with Gasteiger partial charge >= 0.3 is 0 Å². The van der Waals surface area contributed by atoms with Crippen molar-refractivity contribution in [2.45, 2.75) is 20.3 Å². The summed E-state index contributed by atoms with van der Waals surface area (Å²) < 4.78 is 0. The van der Waals surface area contributed by atoms with Crippen molar-refractivity contribution in [1.82, 2.24) is 4.90 Å². The minimum absolute atomic E-state index is 0.0131. The van der Waals surface area contributed by atoms with Crippen molar-refractivity contribution in [3.05, 3.63) is 33.8 Å². The van der Waals surface area contributed by atoms with Gasteiger partial charge in [0, 0.05) is 13.1 Å². The van der Waals surface area contributed by atoms with E-state index in [4.69, 9.17) is 23.2 Å². The highest BCUT2D eigenvalue weighted by Crippen LogP contribution is 2.28. The Bertz CT molecular complexity index is 451. The molecule has 1 aromatic rings. The van der Waals surface area contributed by atoms with Crippen LogP contribution in [0.5, 0.6) is 0 Å². The second kappa shape index (κ2) is 5.50. The number of halogens is 2. The first-order valence-electron chi connectivity index (χ1n) is 6.22. The first-order chi connectivity index (χ1) is 8.49. The standard InChI is InChI=1S/C14H17Cl2NO/c1-9-6-10(2)8-17(7-9)14(18)11-4-3-5-12(15)13(11)16/h3-5,9-10H,6-8H2,1-2H3/t9-,10-/m0/s1. The number of nitrogens with zero attached hydrogens (tertiary/aromatic N) is 1. The highest BCUT2D eigenvalue weighted by Gasteiger charge is 2.27. The molecule has 18 heavy (non-hydrogen) atoms. The van der Waals surface area contributed by atoms with Gasteiger partial charge in [-0.25, -0.2) is 0 Å². The molecule has 1 aromatic carbocycles. The molecule has 0 radical (unpaired) electrons. The van der Waals surface area contributed by atoms with Gasteiger partial charge in [0.15, 0.2) is 0 Å². The summed E-state index contributed by atoms with van der Waals surface area (Å²) in [5.41, 5.74) is 0.505. The van der Waals surface area contributed by atoms with Crippen LogP contribution in [-0.2, 0) is 0 Å². The van der Waals surface area contributed by atoms with Crippen LogP contribution in [0.2, 0.25) is 10.0 Å². The van der Waals surface area contributed by atoms with Crippen molar-refractivity contribution in [2.75, 3.05) is 13.1 Å². The van der Waals surface area contributed by atoms with Gasteiger partial charge in [-0.05, 0) is 30.4 Å². The Kier molecular flexibility index (Phi) is 4.18. The predicted molar refractivity (Wildman–Crippen MR) is 75.3 cm³/mol. The molecule has 1 saturated heterocycles. The molecule has 98 valence electrons. The van der Waals surface area contributed by atoms with E-state index in [0.717, 1.165) is 13.1 Å². The summed E-state index contributed by atoms with van der Waals surface area (Å²) in [6.07, 6.45) is 1.17. The molecule has 2 rings (SSSR count). The lowest BCUT2D eigenvalue weighted by atomic mass is 9.91. The Hall–Kier alpha value is -0.730. The maximum atomic E-state index is 12.4. The van der Waals surface area contributed by atoms with Crippen LogP contribution in [0.3, 0.4) is 0 Å². The van der Waals surface area contributed by atoms with E-state index in [1.165, 1.54) is 6.42 Å². The molecule has 1 aliphatic rings. The Morgan fingerprint density at radius 3 is 2.44 bits per heavy atom. The third-order valence-corrected chi connectivity index (χ3v) is 4.16. The van der Waals surface area contributed by atoms with Crippen LogP contribution in [-0.4, -0.2) is 23.9 Å². The van der Waals surface area contributed by atoms with E-state index in [1.807, 2.05) is 4.90 Å². The summed E-state index contributed by atoms with van der Waals surface area (Å²) >= 11 is 12.1. The third-order valence-electron chi connectivity index (χ3n) is 3.34. The summed E-state index contributed by atoms with van der Waals surface area (Å²) in [7, 11) is 0. The van der Waals surface area contributed by atoms with E-state index in [0.29, 0.717) is 27.4 Å². The van der Waals surface area contributed by atoms with Crippen LogP contribution in [0.1, 0.15) is 30.6 Å². The zero-order valence-electron chi connectivity index (χ0n) is 10.6. The van der Waals surface area contributed by atoms with Gasteiger partial charge in [0.2, 0.25) is 0 Å². The number of amides is 1. The molecule has 1 aliphatic heterocycles. The summed E-state index contributed by atoms with van der Waals surface area (Å²) in [5.74, 6) is 1.06. The fourth-order valence-corrected chi connectivity index (χ4v) is 3.05. The van der Waals surface area contributed by atoms with Crippen LogP contribution in [0.25, 0.3) is 0 Å². The number of rotatable bonds is 1. The van der Waals surface area contributed by atoms with Crippen molar-refractivity contribution < 1.29 is 4.79 Å². The van der Waals surface area contributed by atoms with Crippen molar-refractivity contribution in [2.24, 2.45) is 11.8 Å². The van der Waals surface area contributed by atoms with E-state index in [2.05, 4.69) is 13.8 Å². The van der Waals surface area contributed by atoms with Gasteiger partial charge in [-0.1, -0.05) is 43.1 Å². The van der Waals surface area contributed by atoms with Gasteiger partial charge in [0.05, 0.1) is 15.6 Å². The first-order valence-corrected chi connectivity index (χ1v) is 6.98. The average molecular weight is 286 g/mol. The topological polar surface area (TPSA) is 20.3 Å². The molecule has 1 amide bonds. The summed E-state index contributed by atoms with van der Waals surface area (Å²) in [5, 5.41) is 0.788. The minimum atomic E-state index is -0.0131. The maximum absolute atomic E-state index is 12.4. The number of piperidine rings is 1. The molecule has 0 bridgehead atoms. The maximum Gasteiger partial charge on any atom is 0.255 e. The van der Waals surface area contributed by atoms with Gasteiger partial charge in [-0.2, -0.15) is 0 Å². The van der Waals surface area contributed by atoms with Crippen molar-refractivity contribution >= 4 is 29.1 Å². The molecular formula is C14H17Cl2NO. The van der Waals surface area contributed by atoms with E-state index >= 15 is 0 Å². The van der Waals surface area contributed by atoms with E-state index in [1.54, 1.807) is 18.2 Å². The van der Waals surface area contributed by atoms with Gasteiger partial charge in [-0.3, -0.25) is 4.79 Å². The fourth-order valence-electron chi connectivity index (χ4n) is 2.67. The first kappa shape index (κ1) is 13.7. The zero-order valence-corrected chi connectivity index (χ0v) is 12.1. The summed E-state index contributed by atoms with van der Waals surface area (Å²) in [6.45, 7) is 5.95. The monoisotopic (exact) mass is 285 g/mol. The second-order valence-electron chi connectivity index (χ2n) is 5.26. The molecule has 4 heteroatoms. The normalized spacial score (nSPS) is 24.1. The fraction of sp³-hybridized carbons (Fsp3) is 0.500. The van der Waals surface area contributed by atoms with Crippen molar-refractivity contribution in [3.8, 4) is 0 Å². The lowest BCUT2D eigenvalue weighted by Crippen LogP contribution is -2.42. The molecule has 0 aromatic heterocycles. The number of benzene rings is 1. The lowest BCUT2D eigenvalue weighted by molar-refractivity contribution is 0.0623. The minimum Gasteiger partial charge on any atom is -0.338 e. The number of carbonyl (C=O) groups excluding carboxylic acids is 1. The van der Waals surface area contributed by atoms with Gasteiger partial charge in [-0.15, -0.1) is 0 Å². The summed E-state index contributed by atoms with van der Waals surface area (Å²) in [4.78, 5) is 14.3. The van der Waals surface area contributed by atoms with Gasteiger partial charge in [0.1, 0.15) is 0 Å². The molecule has 1 fully saturated rings. The van der Waals surface area contributed by atoms with Crippen molar-refractivity contribution in [3.63, 3.8) is 0 Å². The van der Waals surface area contributed by atoms with E-state index in [-0.39, 0.29) is 5.91 Å². The van der Waals surface area contributed by atoms with E-state index in [9.17, 15) is 4.79 Å². The summed E-state index contributed by atoms with van der Waals surface area (Å²) in [6, 6.07) is 5.20. The van der Waals surface area contributed by atoms with Gasteiger partial charge < -0.3 is 4.90 Å². The molecular weight excluding hydrogens is 269 g/mol. The molecule has 0 unspecified atom stereocenters. The Labute approximate surface area is 118 Å². The van der Waals surface area contributed by atoms with E-state index < -0.39 is 0 Å².